The van der Waals surface area contributed by atoms with E-state index in [0.29, 0.717) is 12.5 Å². The number of hydrogen-bond donors (Lipinski definition) is 1. The van der Waals surface area contributed by atoms with Crippen molar-refractivity contribution in [2.24, 2.45) is 12.5 Å². The molecule has 0 radical (unpaired) electrons. The second-order valence-electron chi connectivity index (χ2n) is 12.9. The molecule has 1 atom stereocenters. The van der Waals surface area contributed by atoms with Gasteiger partial charge < -0.3 is 14.5 Å². The summed E-state index contributed by atoms with van der Waals surface area (Å²) in [6, 6.07) is 4.19. The summed E-state index contributed by atoms with van der Waals surface area (Å²) >= 11 is 11.6. The second kappa shape index (κ2) is 10.1. The lowest BCUT2D eigenvalue weighted by Crippen LogP contribution is -2.50. The highest BCUT2D eigenvalue weighted by Gasteiger charge is 2.39. The van der Waals surface area contributed by atoms with Crippen molar-refractivity contribution in [2.75, 3.05) is 36.5 Å². The molecule has 2 aliphatic heterocycles. The van der Waals surface area contributed by atoms with Crippen LogP contribution in [0.1, 0.15) is 67.2 Å². The maximum Gasteiger partial charge on any atom is 0.162 e. The van der Waals surface area contributed by atoms with Crippen LogP contribution in [0.3, 0.4) is 0 Å². The molecule has 5 heterocycles. The van der Waals surface area contributed by atoms with Gasteiger partial charge in [0, 0.05) is 74.6 Å². The maximum atomic E-state index is 6.98. The number of nitrogens with zero attached hydrogens (tertiary/aromatic N) is 8. The van der Waals surface area contributed by atoms with Crippen molar-refractivity contribution in [3.8, 4) is 11.4 Å². The van der Waals surface area contributed by atoms with Crippen molar-refractivity contribution in [1.29, 1.82) is 0 Å². The van der Waals surface area contributed by atoms with Crippen LogP contribution in [-0.4, -0.2) is 61.8 Å². The van der Waals surface area contributed by atoms with Crippen molar-refractivity contribution >= 4 is 47.0 Å². The highest BCUT2D eigenvalue weighted by atomic mass is 35.5. The van der Waals surface area contributed by atoms with Crippen LogP contribution in [0, 0.1) is 19.3 Å². The molecule has 1 saturated carbocycles. The summed E-state index contributed by atoms with van der Waals surface area (Å²) in [6.07, 6.45) is 4.29. The van der Waals surface area contributed by atoms with E-state index in [-0.39, 0.29) is 11.5 Å². The number of halogens is 1. The van der Waals surface area contributed by atoms with E-state index in [1.165, 1.54) is 18.4 Å². The van der Waals surface area contributed by atoms with Gasteiger partial charge in [0.1, 0.15) is 16.7 Å². The van der Waals surface area contributed by atoms with Gasteiger partial charge in [-0.1, -0.05) is 31.5 Å². The van der Waals surface area contributed by atoms with Crippen molar-refractivity contribution in [3.05, 3.63) is 45.4 Å². The molecular formula is C31H39ClN8OS. The lowest BCUT2D eigenvalue weighted by molar-refractivity contribution is -0.00647. The lowest BCUT2D eigenvalue weighted by atomic mass is 9.81. The molecule has 11 heteroatoms. The Bertz CT molecular complexity index is 1710. The molecule has 222 valence electrons. The topological polar surface area (TPSA) is 77.1 Å². The van der Waals surface area contributed by atoms with Gasteiger partial charge in [-0.2, -0.15) is 10.2 Å². The van der Waals surface area contributed by atoms with E-state index in [2.05, 4.69) is 60.6 Å². The van der Waals surface area contributed by atoms with Crippen LogP contribution < -0.4 is 9.80 Å². The third kappa shape index (κ3) is 4.48. The molecule has 0 N–H and O–H groups in total. The molecule has 1 saturated heterocycles. The third-order valence-corrected chi connectivity index (χ3v) is 10.1. The molecule has 4 aromatic rings. The summed E-state index contributed by atoms with van der Waals surface area (Å²) in [7, 11) is 3.83. The number of rotatable bonds is 5. The average molecular weight is 607 g/mol. The van der Waals surface area contributed by atoms with Crippen LogP contribution in [0.15, 0.2) is 12.1 Å². The Morgan fingerprint density at radius 2 is 1.83 bits per heavy atom. The summed E-state index contributed by atoms with van der Waals surface area (Å²) in [5, 5.41) is 11.3. The minimum atomic E-state index is -0.0243. The van der Waals surface area contributed by atoms with E-state index in [4.69, 9.17) is 31.4 Å². The normalized spacial score (nSPS) is 20.4. The molecule has 42 heavy (non-hydrogen) atoms. The number of ether oxygens (including phenoxy) is 1. The fraction of sp³-hybridized carbons (Fsp3) is 0.548. The quantitative estimate of drug-likeness (QED) is 0.284. The Kier molecular flexibility index (Phi) is 6.75. The molecule has 1 aromatic carbocycles. The Hall–Kier alpha value is -2.82. The van der Waals surface area contributed by atoms with Crippen molar-refractivity contribution in [3.63, 3.8) is 0 Å². The summed E-state index contributed by atoms with van der Waals surface area (Å²) in [5.74, 6) is 3.26. The van der Waals surface area contributed by atoms with Crippen molar-refractivity contribution in [2.45, 2.75) is 71.9 Å². The number of aryl methyl sites for hydroxylation is 3. The minimum absolute atomic E-state index is 0.0243. The lowest BCUT2D eigenvalue weighted by Gasteiger charge is -2.45. The van der Waals surface area contributed by atoms with Crippen molar-refractivity contribution < 1.29 is 4.74 Å². The maximum absolute atomic E-state index is 6.98. The van der Waals surface area contributed by atoms with Gasteiger partial charge in [0.15, 0.2) is 5.82 Å². The summed E-state index contributed by atoms with van der Waals surface area (Å²) in [5.41, 5.74) is 7.34. The zero-order valence-electron chi connectivity index (χ0n) is 25.3. The van der Waals surface area contributed by atoms with Crippen LogP contribution in [0.25, 0.3) is 22.3 Å². The van der Waals surface area contributed by atoms with Gasteiger partial charge in [0.25, 0.3) is 0 Å². The number of methoxy groups -OCH3 is 1. The number of piperidine rings is 1. The Morgan fingerprint density at radius 1 is 1.05 bits per heavy atom. The predicted octanol–water partition coefficient (Wildman–Crippen LogP) is 5.88. The molecule has 0 spiro atoms. The molecule has 1 aliphatic carbocycles. The number of aromatic nitrogens is 6. The molecule has 3 aromatic heterocycles. The van der Waals surface area contributed by atoms with E-state index >= 15 is 0 Å². The van der Waals surface area contributed by atoms with Crippen LogP contribution in [0.4, 0.5) is 11.6 Å². The highest BCUT2D eigenvalue weighted by Crippen LogP contribution is 2.46. The van der Waals surface area contributed by atoms with Gasteiger partial charge >= 0.3 is 0 Å². The number of thiol groups is 1. The van der Waals surface area contributed by atoms with E-state index in [0.717, 1.165) is 94.1 Å². The van der Waals surface area contributed by atoms with Gasteiger partial charge in [0.2, 0.25) is 0 Å². The Balaban J connectivity index is 1.37. The van der Waals surface area contributed by atoms with Crippen LogP contribution >= 0.6 is 24.4 Å². The van der Waals surface area contributed by atoms with E-state index < -0.39 is 0 Å². The number of fused-ring (bicyclic) bond motifs is 2. The third-order valence-electron chi connectivity index (χ3n) is 9.44. The van der Waals surface area contributed by atoms with Gasteiger partial charge in [-0.15, -0.1) is 0 Å². The molecule has 0 unspecified atom stereocenters. The molecule has 2 fully saturated rings. The van der Waals surface area contributed by atoms with E-state index in [1.807, 2.05) is 25.8 Å². The number of benzene rings is 1. The highest BCUT2D eigenvalue weighted by molar-refractivity contribution is 7.78. The fourth-order valence-electron chi connectivity index (χ4n) is 7.14. The van der Waals surface area contributed by atoms with Gasteiger partial charge in [-0.25, -0.2) is 14.1 Å². The smallest absolute Gasteiger partial charge is 0.162 e. The SMILES string of the molecule is CO[C@@H]1CCN(c2nc(-c3c(C)ccc4c3c(C)nn4S)nc3c2CN(c2c(Cl)c(C4CC4)nn2C)CC3)CC1(C)C. The van der Waals surface area contributed by atoms with Crippen molar-refractivity contribution in [1.82, 2.24) is 28.9 Å². The summed E-state index contributed by atoms with van der Waals surface area (Å²) in [4.78, 5) is 15.5. The molecule has 9 nitrogen and oxygen atoms in total. The predicted molar refractivity (Wildman–Crippen MR) is 171 cm³/mol. The van der Waals surface area contributed by atoms with Gasteiger partial charge in [-0.3, -0.25) is 4.68 Å². The zero-order valence-corrected chi connectivity index (χ0v) is 26.9. The zero-order chi connectivity index (χ0) is 29.5. The standard InChI is InChI=1S/C31H39ClN8OS/c1-17-7-10-22-25(18(2)35-40(22)42)24(17)28-33-21-11-13-38(30-26(32)27(19-8-9-19)36-37(30)5)15-20(21)29(34-28)39-14-12-23(41-6)31(3,4)16-39/h7,10,19,23,42H,8-9,11-16H2,1-6H3/t23-/m1/s1. The Labute approximate surface area is 257 Å². The first-order chi connectivity index (χ1) is 20.1. The molecular weight excluding hydrogens is 568 g/mol. The molecule has 7 rings (SSSR count). The molecule has 0 amide bonds. The first-order valence-electron chi connectivity index (χ1n) is 14.9. The van der Waals surface area contributed by atoms with Crippen LogP contribution in [-0.2, 0) is 24.8 Å². The number of anilines is 2. The van der Waals surface area contributed by atoms with E-state index in [9.17, 15) is 0 Å². The van der Waals surface area contributed by atoms with Gasteiger partial charge in [-0.05, 0) is 57.6 Å². The fourth-order valence-corrected chi connectivity index (χ4v) is 7.87. The molecule has 3 aliphatic rings. The van der Waals surface area contributed by atoms with E-state index in [1.54, 1.807) is 4.09 Å². The van der Waals surface area contributed by atoms with Gasteiger partial charge in [0.05, 0.1) is 28.7 Å². The summed E-state index contributed by atoms with van der Waals surface area (Å²) in [6.45, 7) is 12.0. The minimum Gasteiger partial charge on any atom is -0.381 e. The monoisotopic (exact) mass is 606 g/mol. The first kappa shape index (κ1) is 28.0. The summed E-state index contributed by atoms with van der Waals surface area (Å²) < 4.78 is 9.51. The average Bonchev–Trinajstić information content (AvgIpc) is 3.69. The molecule has 0 bridgehead atoms. The first-order valence-corrected chi connectivity index (χ1v) is 15.7. The number of hydrogen-bond acceptors (Lipinski definition) is 8. The largest absolute Gasteiger partial charge is 0.381 e. The van der Waals surface area contributed by atoms with Crippen LogP contribution in [0.2, 0.25) is 5.02 Å². The Morgan fingerprint density at radius 3 is 2.55 bits per heavy atom. The second-order valence-corrected chi connectivity index (χ2v) is 13.7. The van der Waals surface area contributed by atoms with Crippen LogP contribution in [0.5, 0.6) is 0 Å².